The van der Waals surface area contributed by atoms with Gasteiger partial charge in [-0.3, -0.25) is 9.20 Å². The fourth-order valence-corrected chi connectivity index (χ4v) is 4.36. The van der Waals surface area contributed by atoms with Crippen molar-refractivity contribution in [3.05, 3.63) is 65.2 Å². The average Bonchev–Trinajstić information content (AvgIpc) is 3.04. The highest BCUT2D eigenvalue weighted by Gasteiger charge is 2.12. The third-order valence-electron chi connectivity index (χ3n) is 4.64. The highest BCUT2D eigenvalue weighted by Crippen LogP contribution is 2.26. The number of anilines is 1. The van der Waals surface area contributed by atoms with E-state index in [4.69, 9.17) is 0 Å². The number of para-hydroxylation sites is 1. The molecular weight excluding hydrogens is 368 g/mol. The van der Waals surface area contributed by atoms with Crippen molar-refractivity contribution >= 4 is 39.9 Å². The lowest BCUT2D eigenvalue weighted by atomic mass is 10.1. The molecule has 4 rings (SSSR count). The summed E-state index contributed by atoms with van der Waals surface area (Å²) in [5.74, 6) is 0.645. The number of hydrogen-bond donors (Lipinski definition) is 1. The van der Waals surface area contributed by atoms with Gasteiger partial charge in [0.05, 0.1) is 5.52 Å². The molecule has 1 N–H and O–H groups in total. The van der Waals surface area contributed by atoms with Crippen molar-refractivity contribution in [3.63, 3.8) is 0 Å². The molecule has 4 aromatic rings. The molecule has 0 radical (unpaired) electrons. The fraction of sp³-hybridized carbons (Fsp3) is 0.227. The normalized spacial score (nSPS) is 11.2. The van der Waals surface area contributed by atoms with Crippen LogP contribution in [0.1, 0.15) is 23.1 Å². The van der Waals surface area contributed by atoms with Gasteiger partial charge in [-0.05, 0) is 61.7 Å². The Hall–Kier alpha value is -2.86. The molecule has 2 aromatic heterocycles. The molecule has 142 valence electrons. The third kappa shape index (κ3) is 3.73. The van der Waals surface area contributed by atoms with Crippen molar-refractivity contribution in [2.45, 2.75) is 32.3 Å². The van der Waals surface area contributed by atoms with Gasteiger partial charge in [-0.25, -0.2) is 0 Å². The summed E-state index contributed by atoms with van der Waals surface area (Å²) in [5, 5.41) is 13.6. The van der Waals surface area contributed by atoms with Gasteiger partial charge in [0, 0.05) is 23.2 Å². The summed E-state index contributed by atoms with van der Waals surface area (Å²) in [5.41, 5.74) is 6.23. The van der Waals surface area contributed by atoms with Gasteiger partial charge in [0.2, 0.25) is 5.91 Å². The van der Waals surface area contributed by atoms with Crippen LogP contribution >= 0.6 is 11.8 Å². The molecule has 5 nitrogen and oxygen atoms in total. The first-order valence-corrected chi connectivity index (χ1v) is 10.2. The molecule has 1 amide bonds. The van der Waals surface area contributed by atoms with E-state index in [1.165, 1.54) is 10.9 Å². The van der Waals surface area contributed by atoms with E-state index in [1.54, 1.807) is 11.8 Å². The Labute approximate surface area is 168 Å². The van der Waals surface area contributed by atoms with Gasteiger partial charge in [-0.2, -0.15) is 0 Å². The van der Waals surface area contributed by atoms with Crippen LogP contribution < -0.4 is 5.32 Å². The predicted octanol–water partition coefficient (Wildman–Crippen LogP) is 4.93. The lowest BCUT2D eigenvalue weighted by Gasteiger charge is -2.08. The van der Waals surface area contributed by atoms with Crippen LogP contribution in [0.25, 0.3) is 16.6 Å². The molecule has 0 fully saturated rings. The molecule has 0 unspecified atom stereocenters. The van der Waals surface area contributed by atoms with E-state index in [0.717, 1.165) is 33.1 Å². The highest BCUT2D eigenvalue weighted by atomic mass is 32.2. The van der Waals surface area contributed by atoms with Crippen molar-refractivity contribution in [1.82, 2.24) is 14.6 Å². The van der Waals surface area contributed by atoms with Crippen molar-refractivity contribution in [2.75, 3.05) is 11.1 Å². The molecule has 0 spiro atoms. The number of aromatic nitrogens is 3. The molecular formula is C22H22N4OS. The van der Waals surface area contributed by atoms with E-state index in [-0.39, 0.29) is 5.91 Å². The van der Waals surface area contributed by atoms with Crippen molar-refractivity contribution < 1.29 is 4.79 Å². The summed E-state index contributed by atoms with van der Waals surface area (Å²) in [4.78, 5) is 12.3. The van der Waals surface area contributed by atoms with Gasteiger partial charge in [0.15, 0.2) is 10.8 Å². The van der Waals surface area contributed by atoms with E-state index < -0.39 is 0 Å². The van der Waals surface area contributed by atoms with E-state index in [0.29, 0.717) is 12.2 Å². The Kier molecular flexibility index (Phi) is 5.05. The van der Waals surface area contributed by atoms with Crippen molar-refractivity contribution in [2.24, 2.45) is 0 Å². The van der Waals surface area contributed by atoms with Gasteiger partial charge in [-0.15, -0.1) is 10.2 Å². The first-order valence-electron chi connectivity index (χ1n) is 9.26. The molecule has 2 aromatic carbocycles. The van der Waals surface area contributed by atoms with E-state index in [2.05, 4.69) is 45.0 Å². The van der Waals surface area contributed by atoms with Crippen LogP contribution in [0.5, 0.6) is 0 Å². The van der Waals surface area contributed by atoms with Crippen LogP contribution in [0, 0.1) is 20.8 Å². The number of fused-ring (bicyclic) bond motifs is 3. The number of nitrogens with zero attached hydrogens (tertiary/aromatic N) is 3. The second-order valence-electron chi connectivity index (χ2n) is 7.04. The first-order chi connectivity index (χ1) is 13.5. The Bertz CT molecular complexity index is 1160. The molecule has 0 atom stereocenters. The Morgan fingerprint density at radius 1 is 1.04 bits per heavy atom. The van der Waals surface area contributed by atoms with Gasteiger partial charge in [0.25, 0.3) is 0 Å². The molecule has 0 aliphatic rings. The van der Waals surface area contributed by atoms with Gasteiger partial charge in [-0.1, -0.05) is 36.0 Å². The summed E-state index contributed by atoms with van der Waals surface area (Å²) in [6.45, 7) is 6.14. The van der Waals surface area contributed by atoms with Crippen LogP contribution in [0.4, 0.5) is 5.69 Å². The zero-order chi connectivity index (χ0) is 19.7. The number of nitrogens with one attached hydrogen (secondary N) is 1. The number of carbonyl (C=O) groups excluding carboxylic acids is 1. The topological polar surface area (TPSA) is 59.3 Å². The summed E-state index contributed by atoms with van der Waals surface area (Å²) < 4.78 is 2.06. The monoisotopic (exact) mass is 390 g/mol. The Balaban J connectivity index is 1.47. The van der Waals surface area contributed by atoms with Crippen LogP contribution in [0.3, 0.4) is 0 Å². The summed E-state index contributed by atoms with van der Waals surface area (Å²) >= 11 is 1.55. The second-order valence-corrected chi connectivity index (χ2v) is 8.11. The quantitative estimate of drug-likeness (QED) is 0.491. The van der Waals surface area contributed by atoms with Crippen molar-refractivity contribution in [3.8, 4) is 0 Å². The van der Waals surface area contributed by atoms with E-state index >= 15 is 0 Å². The number of hydrogen-bond acceptors (Lipinski definition) is 4. The largest absolute Gasteiger partial charge is 0.326 e. The van der Waals surface area contributed by atoms with Crippen LogP contribution in [0.15, 0.2) is 53.7 Å². The van der Waals surface area contributed by atoms with Crippen LogP contribution in [-0.4, -0.2) is 26.3 Å². The molecule has 2 heterocycles. The van der Waals surface area contributed by atoms with Gasteiger partial charge < -0.3 is 5.32 Å². The number of carbonyl (C=O) groups is 1. The van der Waals surface area contributed by atoms with Gasteiger partial charge in [0.1, 0.15) is 0 Å². The van der Waals surface area contributed by atoms with Crippen LogP contribution in [-0.2, 0) is 4.79 Å². The zero-order valence-corrected chi connectivity index (χ0v) is 17.0. The number of thioether (sulfide) groups is 1. The Morgan fingerprint density at radius 3 is 2.57 bits per heavy atom. The molecule has 0 saturated carbocycles. The highest BCUT2D eigenvalue weighted by molar-refractivity contribution is 7.99. The number of aryl methyl sites for hydroxylation is 3. The summed E-state index contributed by atoms with van der Waals surface area (Å²) in [6, 6.07) is 16.4. The first kappa shape index (κ1) is 18.5. The molecule has 0 saturated heterocycles. The maximum Gasteiger partial charge on any atom is 0.225 e. The van der Waals surface area contributed by atoms with Crippen LogP contribution in [0.2, 0.25) is 0 Å². The molecule has 6 heteroatoms. The maximum absolute atomic E-state index is 12.3. The van der Waals surface area contributed by atoms with Crippen molar-refractivity contribution in [1.29, 1.82) is 0 Å². The predicted molar refractivity (Wildman–Crippen MR) is 115 cm³/mol. The third-order valence-corrected chi connectivity index (χ3v) is 5.57. The number of pyridine rings is 1. The lowest BCUT2D eigenvalue weighted by Crippen LogP contribution is -2.12. The fourth-order valence-electron chi connectivity index (χ4n) is 3.47. The number of amides is 1. The second kappa shape index (κ2) is 7.64. The zero-order valence-electron chi connectivity index (χ0n) is 16.2. The van der Waals surface area contributed by atoms with E-state index in [9.17, 15) is 4.79 Å². The molecule has 0 bridgehead atoms. The SMILES string of the molecule is Cc1cc(C)cc(NC(=O)CCSc2nnc3cc(C)c4ccccc4n23)c1. The average molecular weight is 391 g/mol. The summed E-state index contributed by atoms with van der Waals surface area (Å²) in [6.07, 6.45) is 0.413. The Morgan fingerprint density at radius 2 is 1.79 bits per heavy atom. The minimum Gasteiger partial charge on any atom is -0.326 e. The molecule has 0 aliphatic heterocycles. The summed E-state index contributed by atoms with van der Waals surface area (Å²) in [7, 11) is 0. The number of benzene rings is 2. The maximum atomic E-state index is 12.3. The standard InChI is InChI=1S/C22H22N4OS/c1-14-10-15(2)12-17(11-14)23-21(27)8-9-28-22-25-24-20-13-16(3)18-6-4-5-7-19(18)26(20)22/h4-7,10-13H,8-9H2,1-3H3,(H,23,27). The lowest BCUT2D eigenvalue weighted by molar-refractivity contribution is -0.115. The minimum absolute atomic E-state index is 0.00650. The molecule has 28 heavy (non-hydrogen) atoms. The minimum atomic E-state index is 0.00650. The van der Waals surface area contributed by atoms with Gasteiger partial charge >= 0.3 is 0 Å². The smallest absolute Gasteiger partial charge is 0.225 e. The molecule has 0 aliphatic carbocycles. The van der Waals surface area contributed by atoms with E-state index in [1.807, 2.05) is 44.2 Å². The number of rotatable bonds is 5.